The van der Waals surface area contributed by atoms with Gasteiger partial charge in [-0.3, -0.25) is 14.5 Å². The summed E-state index contributed by atoms with van der Waals surface area (Å²) in [6, 6.07) is 23.7. The van der Waals surface area contributed by atoms with Gasteiger partial charge in [0.25, 0.3) is 0 Å². The molecule has 2 unspecified atom stereocenters. The lowest BCUT2D eigenvalue weighted by molar-refractivity contribution is -0.136. The Morgan fingerprint density at radius 1 is 0.837 bits per heavy atom. The lowest BCUT2D eigenvalue weighted by atomic mass is 10.0. The first-order valence-corrected chi connectivity index (χ1v) is 18.2. The van der Waals surface area contributed by atoms with Crippen LogP contribution < -0.4 is 19.5 Å². The molecule has 49 heavy (non-hydrogen) atoms. The van der Waals surface area contributed by atoms with Crippen LogP contribution in [0.5, 0.6) is 11.5 Å². The predicted octanol–water partition coefficient (Wildman–Crippen LogP) is 5.41. The van der Waals surface area contributed by atoms with Crippen LogP contribution in [0.25, 0.3) is 10.8 Å². The van der Waals surface area contributed by atoms with Crippen molar-refractivity contribution in [1.82, 2.24) is 19.8 Å². The minimum absolute atomic E-state index is 0.0519. The molecule has 2 atom stereocenters. The maximum Gasteiger partial charge on any atom is 0.245 e. The first-order valence-electron chi connectivity index (χ1n) is 16.7. The van der Waals surface area contributed by atoms with Gasteiger partial charge in [0, 0.05) is 32.5 Å². The number of hydrogen-bond acceptors (Lipinski definition) is 7. The topological polar surface area (TPSA) is 117 Å². The molecule has 0 spiro atoms. The number of fused-ring (bicyclic) bond motifs is 2. The highest BCUT2D eigenvalue weighted by atomic mass is 32.2. The van der Waals surface area contributed by atoms with Crippen molar-refractivity contribution in [3.63, 3.8) is 0 Å². The summed E-state index contributed by atoms with van der Waals surface area (Å²) in [6.07, 6.45) is 0.0229. The van der Waals surface area contributed by atoms with Gasteiger partial charge < -0.3 is 19.7 Å². The normalized spacial score (nSPS) is 13.9. The fourth-order valence-electron chi connectivity index (χ4n) is 5.81. The number of rotatable bonds is 15. The number of likely N-dealkylation sites (N-methyl/N-ethyl adjacent to an activating group) is 1. The summed E-state index contributed by atoms with van der Waals surface area (Å²) < 4.78 is 41.3. The van der Waals surface area contributed by atoms with E-state index in [0.29, 0.717) is 17.1 Å². The second-order valence-electron chi connectivity index (χ2n) is 12.6. The van der Waals surface area contributed by atoms with E-state index in [-0.39, 0.29) is 36.5 Å². The molecule has 0 aliphatic carbocycles. The van der Waals surface area contributed by atoms with Gasteiger partial charge in [-0.25, -0.2) is 13.1 Å². The Balaban J connectivity index is 1.39. The molecule has 11 heteroatoms. The molecule has 1 aliphatic heterocycles. The zero-order valence-corrected chi connectivity index (χ0v) is 29.6. The van der Waals surface area contributed by atoms with E-state index in [2.05, 4.69) is 40.9 Å². The second kappa shape index (κ2) is 15.8. The van der Waals surface area contributed by atoms with E-state index in [1.54, 1.807) is 48.3 Å². The van der Waals surface area contributed by atoms with Crippen molar-refractivity contribution in [3.8, 4) is 11.5 Å². The number of carbonyl (C=O) groups excluding carboxylic acids is 2. The Labute approximate surface area is 289 Å². The third kappa shape index (κ3) is 8.97. The molecule has 260 valence electrons. The Morgan fingerprint density at radius 2 is 1.51 bits per heavy atom. The molecule has 10 nitrogen and oxygen atoms in total. The van der Waals surface area contributed by atoms with E-state index < -0.39 is 28.0 Å². The summed E-state index contributed by atoms with van der Waals surface area (Å²) in [5.74, 6) is 0.295. The molecular weight excluding hydrogens is 641 g/mol. The standard InChI is InChI=1S/C38H46N4O6S/c1-6-42(7-2)24-28-14-12-27(13-15-28)20-34(38(44)41(5)26(3)4)39-37(43)23-33(31-17-19-35-36(22-31)48-25-47-35)40-49(45,46)32-18-16-29-10-8-9-11-30(29)21-32/h8-19,21-22,26,33-34,40H,6-7,20,23-25H2,1-5H3,(H,39,43). The highest BCUT2D eigenvalue weighted by Gasteiger charge is 2.30. The van der Waals surface area contributed by atoms with Crippen LogP contribution in [0.3, 0.4) is 0 Å². The minimum atomic E-state index is -4.07. The summed E-state index contributed by atoms with van der Waals surface area (Å²) in [4.78, 5) is 31.5. The van der Waals surface area contributed by atoms with Gasteiger partial charge >= 0.3 is 0 Å². The zero-order valence-electron chi connectivity index (χ0n) is 28.8. The van der Waals surface area contributed by atoms with Crippen LogP contribution in [0, 0.1) is 0 Å². The lowest BCUT2D eigenvalue weighted by Gasteiger charge is -2.28. The van der Waals surface area contributed by atoms with Gasteiger partial charge in [0.2, 0.25) is 28.6 Å². The zero-order chi connectivity index (χ0) is 35.1. The van der Waals surface area contributed by atoms with E-state index in [4.69, 9.17) is 9.47 Å². The number of nitrogens with one attached hydrogen (secondary N) is 2. The van der Waals surface area contributed by atoms with E-state index in [9.17, 15) is 18.0 Å². The van der Waals surface area contributed by atoms with Gasteiger partial charge in [-0.2, -0.15) is 0 Å². The molecule has 1 aliphatic rings. The van der Waals surface area contributed by atoms with E-state index in [0.717, 1.165) is 36.0 Å². The molecule has 0 bridgehead atoms. The Kier molecular flexibility index (Phi) is 11.6. The Bertz CT molecular complexity index is 1880. The van der Waals surface area contributed by atoms with Gasteiger partial charge in [-0.1, -0.05) is 74.5 Å². The van der Waals surface area contributed by atoms with Crippen molar-refractivity contribution >= 4 is 32.6 Å². The van der Waals surface area contributed by atoms with Crippen LogP contribution in [-0.2, 0) is 32.6 Å². The number of ether oxygens (including phenoxy) is 2. The van der Waals surface area contributed by atoms with Crippen LogP contribution in [0.4, 0.5) is 0 Å². The SMILES string of the molecule is CCN(CC)Cc1ccc(CC(NC(=O)CC(NS(=O)(=O)c2ccc3ccccc3c2)c2ccc3c(c2)OCO3)C(=O)N(C)C(C)C)cc1. The van der Waals surface area contributed by atoms with Crippen LogP contribution in [0.15, 0.2) is 89.8 Å². The minimum Gasteiger partial charge on any atom is -0.454 e. The van der Waals surface area contributed by atoms with Crippen LogP contribution in [-0.4, -0.2) is 69.0 Å². The first-order chi connectivity index (χ1) is 23.5. The third-order valence-electron chi connectivity index (χ3n) is 9.04. The molecule has 2 N–H and O–H groups in total. The highest BCUT2D eigenvalue weighted by Crippen LogP contribution is 2.35. The number of sulfonamides is 1. The summed E-state index contributed by atoms with van der Waals surface area (Å²) in [6.45, 7) is 10.9. The van der Waals surface area contributed by atoms with Crippen LogP contribution in [0.2, 0.25) is 0 Å². The van der Waals surface area contributed by atoms with Gasteiger partial charge in [0.15, 0.2) is 11.5 Å². The molecule has 0 saturated heterocycles. The monoisotopic (exact) mass is 686 g/mol. The quantitative estimate of drug-likeness (QED) is 0.172. The summed E-state index contributed by atoms with van der Waals surface area (Å²) in [7, 11) is -2.36. The fourth-order valence-corrected chi connectivity index (χ4v) is 7.07. The third-order valence-corrected chi connectivity index (χ3v) is 10.5. The average molecular weight is 687 g/mol. The maximum absolute atomic E-state index is 13.8. The average Bonchev–Trinajstić information content (AvgIpc) is 3.58. The van der Waals surface area contributed by atoms with Crippen molar-refractivity contribution in [2.24, 2.45) is 0 Å². The molecule has 4 aromatic rings. The summed E-state index contributed by atoms with van der Waals surface area (Å²) in [5, 5.41) is 4.63. The highest BCUT2D eigenvalue weighted by molar-refractivity contribution is 7.89. The van der Waals surface area contributed by atoms with E-state index in [1.807, 2.05) is 50.2 Å². The summed E-state index contributed by atoms with van der Waals surface area (Å²) >= 11 is 0. The van der Waals surface area contributed by atoms with E-state index >= 15 is 0 Å². The molecule has 0 saturated carbocycles. The molecule has 5 rings (SSSR count). The number of benzene rings is 4. The smallest absolute Gasteiger partial charge is 0.245 e. The van der Waals surface area contributed by atoms with Gasteiger partial charge in [0.1, 0.15) is 6.04 Å². The number of hydrogen-bond donors (Lipinski definition) is 2. The molecule has 0 radical (unpaired) electrons. The number of amides is 2. The van der Waals surface area contributed by atoms with Crippen molar-refractivity contribution in [2.45, 2.75) is 70.1 Å². The van der Waals surface area contributed by atoms with Gasteiger partial charge in [-0.15, -0.1) is 0 Å². The van der Waals surface area contributed by atoms with Gasteiger partial charge in [-0.05, 0) is 78.7 Å². The van der Waals surface area contributed by atoms with Gasteiger partial charge in [0.05, 0.1) is 10.9 Å². The van der Waals surface area contributed by atoms with Crippen molar-refractivity contribution in [2.75, 3.05) is 26.9 Å². The maximum atomic E-state index is 13.8. The van der Waals surface area contributed by atoms with Crippen molar-refractivity contribution in [3.05, 3.63) is 102 Å². The van der Waals surface area contributed by atoms with Crippen LogP contribution in [0.1, 0.15) is 56.8 Å². The lowest BCUT2D eigenvalue weighted by Crippen LogP contribution is -2.50. The second-order valence-corrected chi connectivity index (χ2v) is 14.4. The van der Waals surface area contributed by atoms with E-state index in [1.165, 1.54) is 5.56 Å². The predicted molar refractivity (Wildman–Crippen MR) is 191 cm³/mol. The molecule has 0 fully saturated rings. The molecule has 4 aromatic carbocycles. The summed E-state index contributed by atoms with van der Waals surface area (Å²) in [5.41, 5.74) is 2.60. The molecule has 2 amide bonds. The molecule has 1 heterocycles. The van der Waals surface area contributed by atoms with Crippen LogP contribution >= 0.6 is 0 Å². The van der Waals surface area contributed by atoms with Crippen molar-refractivity contribution in [1.29, 1.82) is 0 Å². The Morgan fingerprint density at radius 3 is 2.20 bits per heavy atom. The fraction of sp³-hybridized carbons (Fsp3) is 0.368. The Hall–Kier alpha value is -4.45. The molecular formula is C38H46N4O6S. The first kappa shape index (κ1) is 35.8. The molecule has 0 aromatic heterocycles. The number of nitrogens with zero attached hydrogens (tertiary/aromatic N) is 2. The number of carbonyl (C=O) groups is 2. The van der Waals surface area contributed by atoms with Crippen molar-refractivity contribution < 1.29 is 27.5 Å². The largest absolute Gasteiger partial charge is 0.454 e.